The molecule has 2 aliphatic rings. The molecule has 0 aromatic rings. The zero-order chi connectivity index (χ0) is 15.1. The number of hydrogen-bond acceptors (Lipinski definition) is 3. The van der Waals surface area contributed by atoms with Crippen molar-refractivity contribution >= 4 is 17.7 Å². The van der Waals surface area contributed by atoms with Crippen molar-refractivity contribution in [2.75, 3.05) is 45.1 Å². The molecular weight excluding hydrogens is 282 g/mol. The highest BCUT2D eigenvalue weighted by Gasteiger charge is 2.28. The van der Waals surface area contributed by atoms with E-state index in [0.29, 0.717) is 4.75 Å². The van der Waals surface area contributed by atoms with Gasteiger partial charge in [-0.1, -0.05) is 0 Å². The molecule has 122 valence electrons. The molecule has 2 saturated heterocycles. The second-order valence-corrected chi connectivity index (χ2v) is 8.41. The van der Waals surface area contributed by atoms with Crippen LogP contribution in [0.1, 0.15) is 40.0 Å². The van der Waals surface area contributed by atoms with Crippen molar-refractivity contribution < 1.29 is 4.74 Å². The van der Waals surface area contributed by atoms with Crippen LogP contribution in [0.4, 0.5) is 0 Å². The summed E-state index contributed by atoms with van der Waals surface area (Å²) in [4.78, 5) is 7.31. The summed E-state index contributed by atoms with van der Waals surface area (Å²) < 4.78 is 5.75. The summed E-state index contributed by atoms with van der Waals surface area (Å²) in [5, 5.41) is 3.47. The average molecular weight is 314 g/mol. The minimum absolute atomic E-state index is 0.329. The Labute approximate surface area is 134 Å². The van der Waals surface area contributed by atoms with Crippen LogP contribution in [0.3, 0.4) is 0 Å². The number of aliphatic imine (C=N–C) groups is 1. The van der Waals surface area contributed by atoms with Gasteiger partial charge in [0, 0.05) is 49.9 Å². The molecule has 0 saturated carbocycles. The summed E-state index contributed by atoms with van der Waals surface area (Å²) in [6, 6.07) is 0. The first kappa shape index (κ1) is 16.9. The molecule has 0 bridgehead atoms. The molecule has 0 aliphatic carbocycles. The molecule has 21 heavy (non-hydrogen) atoms. The Kier molecular flexibility index (Phi) is 6.68. The van der Waals surface area contributed by atoms with Crippen LogP contribution in [0.2, 0.25) is 0 Å². The topological polar surface area (TPSA) is 36.9 Å². The maximum atomic E-state index is 5.43. The fourth-order valence-corrected chi connectivity index (χ4v) is 4.12. The third kappa shape index (κ3) is 5.70. The Morgan fingerprint density at radius 3 is 2.81 bits per heavy atom. The number of nitrogens with one attached hydrogen (secondary N) is 1. The lowest BCUT2D eigenvalue weighted by Gasteiger charge is -2.39. The van der Waals surface area contributed by atoms with Crippen molar-refractivity contribution in [3.63, 3.8) is 0 Å². The van der Waals surface area contributed by atoms with Gasteiger partial charge in [0.1, 0.15) is 0 Å². The van der Waals surface area contributed by atoms with Crippen LogP contribution in [0.5, 0.6) is 0 Å². The number of rotatable bonds is 4. The Morgan fingerprint density at radius 2 is 2.14 bits per heavy atom. The van der Waals surface area contributed by atoms with Crippen LogP contribution in [0.15, 0.2) is 4.99 Å². The lowest BCUT2D eigenvalue weighted by atomic mass is 9.97. The number of ether oxygens (including phenoxy) is 1. The first-order chi connectivity index (χ1) is 10.1. The molecule has 0 radical (unpaired) electrons. The molecule has 2 fully saturated rings. The Balaban J connectivity index is 1.86. The summed E-state index contributed by atoms with van der Waals surface area (Å²) in [6.07, 6.45) is 3.61. The Morgan fingerprint density at radius 1 is 1.38 bits per heavy atom. The number of thioether (sulfide) groups is 1. The predicted octanol–water partition coefficient (Wildman–Crippen LogP) is 2.60. The molecule has 0 amide bonds. The number of nitrogens with zero attached hydrogens (tertiary/aromatic N) is 2. The second kappa shape index (κ2) is 8.28. The van der Waals surface area contributed by atoms with E-state index in [2.05, 4.69) is 42.7 Å². The van der Waals surface area contributed by atoms with Crippen LogP contribution in [-0.2, 0) is 4.74 Å². The molecule has 0 aromatic heterocycles. The minimum Gasteiger partial charge on any atom is -0.381 e. The van der Waals surface area contributed by atoms with E-state index in [-0.39, 0.29) is 0 Å². The SMILES string of the molecule is CCNC(=NCCC1CCOCC1)N1CCSC(C)(C)C1. The van der Waals surface area contributed by atoms with Gasteiger partial charge in [-0.2, -0.15) is 11.8 Å². The van der Waals surface area contributed by atoms with E-state index >= 15 is 0 Å². The monoisotopic (exact) mass is 313 g/mol. The highest BCUT2D eigenvalue weighted by molar-refractivity contribution is 8.00. The van der Waals surface area contributed by atoms with Gasteiger partial charge < -0.3 is 15.0 Å². The quantitative estimate of drug-likeness (QED) is 0.639. The van der Waals surface area contributed by atoms with E-state index in [9.17, 15) is 0 Å². The van der Waals surface area contributed by atoms with E-state index in [1.54, 1.807) is 0 Å². The first-order valence-electron chi connectivity index (χ1n) is 8.36. The Bertz CT molecular complexity index is 340. The van der Waals surface area contributed by atoms with Crippen LogP contribution in [0.25, 0.3) is 0 Å². The van der Waals surface area contributed by atoms with E-state index in [1.165, 1.54) is 25.0 Å². The predicted molar refractivity (Wildman–Crippen MR) is 92.2 cm³/mol. The largest absolute Gasteiger partial charge is 0.381 e. The van der Waals surface area contributed by atoms with Gasteiger partial charge in [-0.15, -0.1) is 0 Å². The van der Waals surface area contributed by atoms with Gasteiger partial charge in [-0.05, 0) is 46.0 Å². The highest BCUT2D eigenvalue weighted by Crippen LogP contribution is 2.29. The third-order valence-electron chi connectivity index (χ3n) is 4.20. The van der Waals surface area contributed by atoms with Crippen LogP contribution in [0, 0.1) is 5.92 Å². The van der Waals surface area contributed by atoms with Crippen molar-refractivity contribution in [1.29, 1.82) is 0 Å². The number of guanidine groups is 1. The van der Waals surface area contributed by atoms with Gasteiger partial charge in [0.2, 0.25) is 0 Å². The normalized spacial score (nSPS) is 24.1. The summed E-state index contributed by atoms with van der Waals surface area (Å²) in [7, 11) is 0. The maximum absolute atomic E-state index is 5.43. The van der Waals surface area contributed by atoms with Gasteiger partial charge in [-0.3, -0.25) is 4.99 Å². The van der Waals surface area contributed by atoms with Crippen LogP contribution < -0.4 is 5.32 Å². The van der Waals surface area contributed by atoms with Crippen LogP contribution >= 0.6 is 11.8 Å². The van der Waals surface area contributed by atoms with Crippen LogP contribution in [-0.4, -0.2) is 60.8 Å². The van der Waals surface area contributed by atoms with Gasteiger partial charge in [0.25, 0.3) is 0 Å². The zero-order valence-corrected chi connectivity index (χ0v) is 14.7. The molecule has 2 aliphatic heterocycles. The van der Waals surface area contributed by atoms with Crippen molar-refractivity contribution in [3.05, 3.63) is 0 Å². The van der Waals surface area contributed by atoms with Gasteiger partial charge in [0.15, 0.2) is 5.96 Å². The first-order valence-corrected chi connectivity index (χ1v) is 9.34. The Hall–Kier alpha value is -0.420. The molecule has 0 atom stereocenters. The summed E-state index contributed by atoms with van der Waals surface area (Å²) in [6.45, 7) is 12.8. The fourth-order valence-electron chi connectivity index (χ4n) is 3.01. The van der Waals surface area contributed by atoms with Gasteiger partial charge in [-0.25, -0.2) is 0 Å². The van der Waals surface area contributed by atoms with E-state index in [4.69, 9.17) is 9.73 Å². The lowest BCUT2D eigenvalue weighted by molar-refractivity contribution is 0.0646. The fraction of sp³-hybridized carbons (Fsp3) is 0.938. The molecule has 2 heterocycles. The zero-order valence-electron chi connectivity index (χ0n) is 13.9. The molecule has 1 N–H and O–H groups in total. The lowest BCUT2D eigenvalue weighted by Crippen LogP contribution is -2.51. The molecule has 0 spiro atoms. The number of hydrogen-bond donors (Lipinski definition) is 1. The van der Waals surface area contributed by atoms with Crippen molar-refractivity contribution in [1.82, 2.24) is 10.2 Å². The maximum Gasteiger partial charge on any atom is 0.193 e. The van der Waals surface area contributed by atoms with Crippen molar-refractivity contribution in [3.8, 4) is 0 Å². The van der Waals surface area contributed by atoms with E-state index < -0.39 is 0 Å². The van der Waals surface area contributed by atoms with E-state index in [0.717, 1.165) is 51.3 Å². The third-order valence-corrected chi connectivity index (χ3v) is 5.50. The molecule has 0 unspecified atom stereocenters. The van der Waals surface area contributed by atoms with Gasteiger partial charge in [0.05, 0.1) is 0 Å². The van der Waals surface area contributed by atoms with Crippen molar-refractivity contribution in [2.45, 2.75) is 44.8 Å². The van der Waals surface area contributed by atoms with Crippen molar-refractivity contribution in [2.24, 2.45) is 10.9 Å². The molecule has 5 heteroatoms. The summed E-state index contributed by atoms with van der Waals surface area (Å²) >= 11 is 2.07. The smallest absolute Gasteiger partial charge is 0.193 e. The summed E-state index contributed by atoms with van der Waals surface area (Å²) in [5.74, 6) is 3.11. The summed E-state index contributed by atoms with van der Waals surface area (Å²) in [5.41, 5.74) is 0. The minimum atomic E-state index is 0.329. The average Bonchev–Trinajstić information content (AvgIpc) is 2.46. The van der Waals surface area contributed by atoms with Gasteiger partial charge >= 0.3 is 0 Å². The van der Waals surface area contributed by atoms with E-state index in [1.807, 2.05) is 0 Å². The standard InChI is InChI=1S/C16H31N3OS/c1-4-17-15(19-9-12-21-16(2,3)13-19)18-8-5-14-6-10-20-11-7-14/h14H,4-13H2,1-3H3,(H,17,18). The molecule has 2 rings (SSSR count). The molecular formula is C16H31N3OS. The molecule has 0 aromatic carbocycles. The second-order valence-electron chi connectivity index (χ2n) is 6.61. The highest BCUT2D eigenvalue weighted by atomic mass is 32.2. The molecule has 4 nitrogen and oxygen atoms in total.